The second-order valence-electron chi connectivity index (χ2n) is 4.76. The van der Waals surface area contributed by atoms with E-state index in [0.29, 0.717) is 25.3 Å². The van der Waals surface area contributed by atoms with Crippen molar-refractivity contribution in [3.63, 3.8) is 0 Å². The van der Waals surface area contributed by atoms with E-state index in [-0.39, 0.29) is 24.6 Å². The molecule has 0 fully saturated rings. The fourth-order valence-corrected chi connectivity index (χ4v) is 3.32. The summed E-state index contributed by atoms with van der Waals surface area (Å²) in [4.78, 5) is 11.9. The number of nitrogens with one attached hydrogen (secondary N) is 1. The molecule has 1 amide bonds. The molecule has 0 aliphatic rings. The number of likely N-dealkylation sites (N-methyl/N-ethyl adjacent to an activating group) is 1. The number of carbonyl (C=O) groups excluding carboxylic acids is 1. The molecule has 2 N–H and O–H groups in total. The third kappa shape index (κ3) is 5.81. The number of hydrogen-bond acceptors (Lipinski definition) is 5. The predicted molar refractivity (Wildman–Crippen MR) is 86.8 cm³/mol. The number of carbonyl (C=O) groups is 1. The summed E-state index contributed by atoms with van der Waals surface area (Å²) in [5.41, 5.74) is 0. The molecule has 0 unspecified atom stereocenters. The highest BCUT2D eigenvalue weighted by atomic mass is 32.2. The van der Waals surface area contributed by atoms with Crippen LogP contribution in [-0.2, 0) is 14.8 Å². The molecule has 0 aliphatic carbocycles. The first-order valence-corrected chi connectivity index (χ1v) is 9.00. The van der Waals surface area contributed by atoms with Gasteiger partial charge in [0.05, 0.1) is 18.0 Å². The molecule has 8 heteroatoms. The SMILES string of the molecule is CCOc1ccc(S(=O)(=O)N(CC)CC(=O)NCCCO)cc1. The van der Waals surface area contributed by atoms with Crippen molar-refractivity contribution >= 4 is 15.9 Å². The highest BCUT2D eigenvalue weighted by molar-refractivity contribution is 7.89. The zero-order chi connectivity index (χ0) is 17.3. The monoisotopic (exact) mass is 344 g/mol. The molecule has 1 rings (SSSR count). The molecular formula is C15H24N2O5S. The van der Waals surface area contributed by atoms with Gasteiger partial charge in [-0.25, -0.2) is 8.42 Å². The van der Waals surface area contributed by atoms with Crippen LogP contribution in [0.4, 0.5) is 0 Å². The van der Waals surface area contributed by atoms with Gasteiger partial charge >= 0.3 is 0 Å². The molecule has 0 saturated heterocycles. The van der Waals surface area contributed by atoms with Crippen molar-refractivity contribution in [1.29, 1.82) is 0 Å². The van der Waals surface area contributed by atoms with E-state index in [1.165, 1.54) is 12.1 Å². The Kier molecular flexibility index (Phi) is 8.01. The summed E-state index contributed by atoms with van der Waals surface area (Å²) in [7, 11) is -3.74. The molecule has 7 nitrogen and oxygen atoms in total. The molecule has 130 valence electrons. The normalized spacial score (nSPS) is 11.5. The van der Waals surface area contributed by atoms with Gasteiger partial charge in [-0.15, -0.1) is 0 Å². The van der Waals surface area contributed by atoms with Gasteiger partial charge in [-0.2, -0.15) is 4.31 Å². The van der Waals surface area contributed by atoms with Gasteiger partial charge in [0.25, 0.3) is 0 Å². The number of aliphatic hydroxyl groups is 1. The lowest BCUT2D eigenvalue weighted by Crippen LogP contribution is -2.40. The molecule has 1 aromatic carbocycles. The lowest BCUT2D eigenvalue weighted by Gasteiger charge is -2.20. The number of aliphatic hydroxyl groups excluding tert-OH is 1. The highest BCUT2D eigenvalue weighted by Gasteiger charge is 2.25. The number of nitrogens with zero attached hydrogens (tertiary/aromatic N) is 1. The fraction of sp³-hybridized carbons (Fsp3) is 0.533. The summed E-state index contributed by atoms with van der Waals surface area (Å²) in [5, 5.41) is 11.3. The van der Waals surface area contributed by atoms with Crippen LogP contribution in [0, 0.1) is 0 Å². The van der Waals surface area contributed by atoms with E-state index < -0.39 is 15.9 Å². The predicted octanol–water partition coefficient (Wildman–Crippen LogP) is 0.595. The van der Waals surface area contributed by atoms with Crippen molar-refractivity contribution < 1.29 is 23.1 Å². The van der Waals surface area contributed by atoms with Crippen molar-refractivity contribution in [2.75, 3.05) is 32.8 Å². The average molecular weight is 344 g/mol. The van der Waals surface area contributed by atoms with E-state index in [1.807, 2.05) is 6.92 Å². The first-order chi connectivity index (χ1) is 11.0. The Labute approximate surface area is 137 Å². The first kappa shape index (κ1) is 19.4. The van der Waals surface area contributed by atoms with Crippen molar-refractivity contribution in [2.45, 2.75) is 25.2 Å². The van der Waals surface area contributed by atoms with Crippen molar-refractivity contribution in [2.24, 2.45) is 0 Å². The van der Waals surface area contributed by atoms with Crippen LogP contribution < -0.4 is 10.1 Å². The van der Waals surface area contributed by atoms with Crippen LogP contribution in [0.2, 0.25) is 0 Å². The maximum Gasteiger partial charge on any atom is 0.243 e. The minimum Gasteiger partial charge on any atom is -0.494 e. The van der Waals surface area contributed by atoms with Crippen LogP contribution in [0.1, 0.15) is 20.3 Å². The lowest BCUT2D eigenvalue weighted by atomic mass is 10.3. The minimum absolute atomic E-state index is 0.0255. The Morgan fingerprint density at radius 3 is 2.43 bits per heavy atom. The van der Waals surface area contributed by atoms with Crippen molar-refractivity contribution in [3.05, 3.63) is 24.3 Å². The number of ether oxygens (including phenoxy) is 1. The summed E-state index contributed by atoms with van der Waals surface area (Å²) in [5.74, 6) is 0.200. The Morgan fingerprint density at radius 2 is 1.91 bits per heavy atom. The summed E-state index contributed by atoms with van der Waals surface area (Å²) in [6.07, 6.45) is 0.434. The molecule has 0 heterocycles. The molecule has 0 aromatic heterocycles. The molecule has 0 aliphatic heterocycles. The Balaban J connectivity index is 2.79. The van der Waals surface area contributed by atoms with Crippen LogP contribution in [0.15, 0.2) is 29.2 Å². The van der Waals surface area contributed by atoms with Gasteiger partial charge in [-0.05, 0) is 37.6 Å². The topological polar surface area (TPSA) is 95.9 Å². The van der Waals surface area contributed by atoms with Gasteiger partial charge in [0.15, 0.2) is 0 Å². The first-order valence-electron chi connectivity index (χ1n) is 7.56. The molecule has 1 aromatic rings. The average Bonchev–Trinajstić information content (AvgIpc) is 2.53. The largest absolute Gasteiger partial charge is 0.494 e. The second kappa shape index (κ2) is 9.49. The lowest BCUT2D eigenvalue weighted by molar-refractivity contribution is -0.121. The zero-order valence-corrected chi connectivity index (χ0v) is 14.3. The van der Waals surface area contributed by atoms with E-state index in [9.17, 15) is 13.2 Å². The molecule has 0 bridgehead atoms. The van der Waals surface area contributed by atoms with Gasteiger partial charge in [0, 0.05) is 19.7 Å². The van der Waals surface area contributed by atoms with Gasteiger partial charge in [-0.3, -0.25) is 4.79 Å². The van der Waals surface area contributed by atoms with Crippen LogP contribution in [-0.4, -0.2) is 56.6 Å². The van der Waals surface area contributed by atoms with Crippen LogP contribution in [0.3, 0.4) is 0 Å². The maximum atomic E-state index is 12.6. The number of benzene rings is 1. The summed E-state index contributed by atoms with van der Waals surface area (Å²) in [6, 6.07) is 6.11. The fourth-order valence-electron chi connectivity index (χ4n) is 1.91. The van der Waals surface area contributed by atoms with Crippen LogP contribution in [0.5, 0.6) is 5.75 Å². The third-order valence-corrected chi connectivity index (χ3v) is 5.04. The summed E-state index contributed by atoms with van der Waals surface area (Å²) in [6.45, 7) is 4.24. The van der Waals surface area contributed by atoms with Crippen molar-refractivity contribution in [3.8, 4) is 5.75 Å². The Bertz CT molecular complexity index is 586. The van der Waals surface area contributed by atoms with Gasteiger partial charge in [0.1, 0.15) is 5.75 Å². The van der Waals surface area contributed by atoms with Crippen LogP contribution in [0.25, 0.3) is 0 Å². The quantitative estimate of drug-likeness (QED) is 0.606. The molecule has 0 saturated carbocycles. The van der Waals surface area contributed by atoms with E-state index in [1.54, 1.807) is 19.1 Å². The molecule has 0 radical (unpaired) electrons. The van der Waals surface area contributed by atoms with Crippen LogP contribution >= 0.6 is 0 Å². The van der Waals surface area contributed by atoms with E-state index in [0.717, 1.165) is 4.31 Å². The van der Waals surface area contributed by atoms with E-state index >= 15 is 0 Å². The van der Waals surface area contributed by atoms with Gasteiger partial charge in [-0.1, -0.05) is 6.92 Å². The number of rotatable bonds is 10. The van der Waals surface area contributed by atoms with E-state index in [2.05, 4.69) is 5.32 Å². The minimum atomic E-state index is -3.74. The molecular weight excluding hydrogens is 320 g/mol. The molecule has 0 spiro atoms. The number of hydrogen-bond donors (Lipinski definition) is 2. The highest BCUT2D eigenvalue weighted by Crippen LogP contribution is 2.19. The summed E-state index contributed by atoms with van der Waals surface area (Å²) < 4.78 is 31.5. The zero-order valence-electron chi connectivity index (χ0n) is 13.5. The Morgan fingerprint density at radius 1 is 1.26 bits per heavy atom. The van der Waals surface area contributed by atoms with Gasteiger partial charge in [0.2, 0.25) is 15.9 Å². The van der Waals surface area contributed by atoms with Gasteiger partial charge < -0.3 is 15.2 Å². The number of sulfonamides is 1. The van der Waals surface area contributed by atoms with E-state index in [4.69, 9.17) is 9.84 Å². The number of amides is 1. The smallest absolute Gasteiger partial charge is 0.243 e. The maximum absolute atomic E-state index is 12.6. The second-order valence-corrected chi connectivity index (χ2v) is 6.70. The molecule has 0 atom stereocenters. The Hall–Kier alpha value is -1.64. The standard InChI is InChI=1S/C15H24N2O5S/c1-3-17(12-15(19)16-10-5-11-18)23(20,21)14-8-6-13(7-9-14)22-4-2/h6-9,18H,3-5,10-12H2,1-2H3,(H,16,19). The van der Waals surface area contributed by atoms with Crippen molar-refractivity contribution in [1.82, 2.24) is 9.62 Å². The third-order valence-electron chi connectivity index (χ3n) is 3.10. The summed E-state index contributed by atoms with van der Waals surface area (Å²) >= 11 is 0. The molecule has 23 heavy (non-hydrogen) atoms.